The second-order valence-electron chi connectivity index (χ2n) is 4.34. The second-order valence-corrected chi connectivity index (χ2v) is 5.29. The number of thiophene rings is 1. The van der Waals surface area contributed by atoms with Crippen molar-refractivity contribution in [2.24, 2.45) is 0 Å². The van der Waals surface area contributed by atoms with Crippen LogP contribution in [0.1, 0.15) is 9.67 Å². The molecule has 1 aromatic carbocycles. The summed E-state index contributed by atoms with van der Waals surface area (Å²) in [5.41, 5.74) is 0.875. The Morgan fingerprint density at radius 1 is 1.30 bits per heavy atom. The quantitative estimate of drug-likeness (QED) is 0.419. The fourth-order valence-electron chi connectivity index (χ4n) is 2.11. The second kappa shape index (κ2) is 4.90. The molecule has 0 radical (unpaired) electrons. The molecule has 0 unspecified atom stereocenters. The number of nitro benzene ring substituents is 1. The van der Waals surface area contributed by atoms with Crippen molar-refractivity contribution in [3.8, 4) is 0 Å². The van der Waals surface area contributed by atoms with Crippen LogP contribution in [0.4, 0.5) is 5.69 Å². The molecule has 0 N–H and O–H groups in total. The summed E-state index contributed by atoms with van der Waals surface area (Å²) in [5, 5.41) is 13.4. The molecule has 0 fully saturated rings. The lowest BCUT2D eigenvalue weighted by Crippen LogP contribution is -2.07. The number of carbonyl (C=O) groups excluding carboxylic acids is 1. The maximum atomic E-state index is 12.1. The predicted octanol–water partition coefficient (Wildman–Crippen LogP) is 3.49. The van der Waals surface area contributed by atoms with Gasteiger partial charge in [0, 0.05) is 29.2 Å². The van der Waals surface area contributed by atoms with Crippen LogP contribution in [0, 0.1) is 10.1 Å². The number of benzene rings is 1. The van der Waals surface area contributed by atoms with Crippen molar-refractivity contribution in [2.75, 3.05) is 0 Å². The Labute approximate surface area is 118 Å². The van der Waals surface area contributed by atoms with E-state index < -0.39 is 4.92 Å². The summed E-state index contributed by atoms with van der Waals surface area (Å²) in [4.78, 5) is 23.1. The topological polar surface area (TPSA) is 65.1 Å². The van der Waals surface area contributed by atoms with Gasteiger partial charge in [-0.3, -0.25) is 14.9 Å². The van der Waals surface area contributed by atoms with E-state index in [4.69, 9.17) is 0 Å². The molecule has 20 heavy (non-hydrogen) atoms. The first-order valence-electron chi connectivity index (χ1n) is 5.95. The Bertz CT molecular complexity index is 790. The van der Waals surface area contributed by atoms with Crippen LogP contribution in [0.2, 0.25) is 0 Å². The van der Waals surface area contributed by atoms with Crippen LogP contribution < -0.4 is 0 Å². The summed E-state index contributed by atoms with van der Waals surface area (Å²) in [6.45, 7) is 0.238. The highest BCUT2D eigenvalue weighted by atomic mass is 32.1. The molecule has 3 aromatic rings. The van der Waals surface area contributed by atoms with E-state index in [1.54, 1.807) is 29.0 Å². The summed E-state index contributed by atoms with van der Waals surface area (Å²) in [6, 6.07) is 10.1. The summed E-state index contributed by atoms with van der Waals surface area (Å²) < 4.78 is 1.81. The van der Waals surface area contributed by atoms with Crippen LogP contribution in [0.15, 0.2) is 48.0 Å². The zero-order valence-corrected chi connectivity index (χ0v) is 11.2. The van der Waals surface area contributed by atoms with Gasteiger partial charge >= 0.3 is 0 Å². The summed E-state index contributed by atoms with van der Waals surface area (Å²) in [5.74, 6) is 0.0378. The van der Waals surface area contributed by atoms with E-state index in [1.165, 1.54) is 23.5 Å². The summed E-state index contributed by atoms with van der Waals surface area (Å²) in [7, 11) is 0. The molecule has 0 aliphatic rings. The Hall–Kier alpha value is -2.47. The van der Waals surface area contributed by atoms with Gasteiger partial charge in [0.15, 0.2) is 5.78 Å². The SMILES string of the molecule is O=C(Cn1ccc2cc([N+](=O)[O-])ccc21)c1cccs1. The highest BCUT2D eigenvalue weighted by molar-refractivity contribution is 7.12. The molecule has 0 amide bonds. The number of rotatable bonds is 4. The third kappa shape index (κ3) is 2.21. The summed E-state index contributed by atoms with van der Waals surface area (Å²) in [6.07, 6.45) is 1.78. The van der Waals surface area contributed by atoms with Gasteiger partial charge in [0.05, 0.1) is 16.3 Å². The molecule has 0 saturated carbocycles. The third-order valence-electron chi connectivity index (χ3n) is 3.08. The van der Waals surface area contributed by atoms with Crippen LogP contribution in [0.25, 0.3) is 10.9 Å². The Morgan fingerprint density at radius 2 is 2.15 bits per heavy atom. The number of Topliss-reactive ketones (excluding diaryl/α,β-unsaturated/α-hetero) is 1. The van der Waals surface area contributed by atoms with Gasteiger partial charge in [-0.2, -0.15) is 0 Å². The maximum absolute atomic E-state index is 12.1. The minimum absolute atomic E-state index is 0.0378. The van der Waals surface area contributed by atoms with E-state index in [0.717, 1.165) is 10.9 Å². The fraction of sp³-hybridized carbons (Fsp3) is 0.0714. The van der Waals surface area contributed by atoms with Crippen molar-refractivity contribution in [1.82, 2.24) is 4.57 Å². The highest BCUT2D eigenvalue weighted by Crippen LogP contribution is 2.22. The number of nitro groups is 1. The molecule has 3 rings (SSSR count). The van der Waals surface area contributed by atoms with Gasteiger partial charge in [-0.05, 0) is 23.6 Å². The van der Waals surface area contributed by atoms with E-state index >= 15 is 0 Å². The van der Waals surface area contributed by atoms with Crippen molar-refractivity contribution >= 4 is 33.7 Å². The Balaban J connectivity index is 1.93. The first-order valence-corrected chi connectivity index (χ1v) is 6.83. The van der Waals surface area contributed by atoms with E-state index in [-0.39, 0.29) is 18.0 Å². The molecule has 0 saturated heterocycles. The molecular formula is C14H10N2O3S. The van der Waals surface area contributed by atoms with Crippen molar-refractivity contribution in [3.05, 3.63) is 63.0 Å². The molecule has 2 aromatic heterocycles. The molecule has 100 valence electrons. The van der Waals surface area contributed by atoms with Crippen molar-refractivity contribution in [3.63, 3.8) is 0 Å². The molecule has 0 spiro atoms. The number of non-ortho nitro benzene ring substituents is 1. The number of aromatic nitrogens is 1. The van der Waals surface area contributed by atoms with E-state index in [1.807, 2.05) is 11.4 Å². The zero-order chi connectivity index (χ0) is 14.1. The van der Waals surface area contributed by atoms with Gasteiger partial charge in [0.2, 0.25) is 0 Å². The minimum atomic E-state index is -0.423. The van der Waals surface area contributed by atoms with Crippen LogP contribution in [0.5, 0.6) is 0 Å². The lowest BCUT2D eigenvalue weighted by molar-refractivity contribution is -0.384. The van der Waals surface area contributed by atoms with Crippen LogP contribution in [0.3, 0.4) is 0 Å². The Morgan fingerprint density at radius 3 is 2.85 bits per heavy atom. The highest BCUT2D eigenvalue weighted by Gasteiger charge is 2.12. The average molecular weight is 286 g/mol. The zero-order valence-electron chi connectivity index (χ0n) is 10.4. The van der Waals surface area contributed by atoms with Gasteiger partial charge in [-0.15, -0.1) is 11.3 Å². The lowest BCUT2D eigenvalue weighted by Gasteiger charge is -2.03. The van der Waals surface area contributed by atoms with Gasteiger partial charge in [-0.25, -0.2) is 0 Å². The predicted molar refractivity (Wildman–Crippen MR) is 77.2 cm³/mol. The van der Waals surface area contributed by atoms with Crippen LogP contribution >= 0.6 is 11.3 Å². The number of fused-ring (bicyclic) bond motifs is 1. The standard InChI is InChI=1S/C14H10N2O3S/c17-13(14-2-1-7-20-14)9-15-6-5-10-8-11(16(18)19)3-4-12(10)15/h1-8H,9H2. The minimum Gasteiger partial charge on any atom is -0.340 e. The van der Waals surface area contributed by atoms with Crippen LogP contribution in [-0.2, 0) is 6.54 Å². The van der Waals surface area contributed by atoms with E-state index in [0.29, 0.717) is 4.88 Å². The van der Waals surface area contributed by atoms with Crippen molar-refractivity contribution in [1.29, 1.82) is 0 Å². The Kier molecular flexibility index (Phi) is 3.08. The lowest BCUT2D eigenvalue weighted by atomic mass is 10.2. The molecular weight excluding hydrogens is 276 g/mol. The van der Waals surface area contributed by atoms with Gasteiger partial charge < -0.3 is 4.57 Å². The number of hydrogen-bond acceptors (Lipinski definition) is 4. The molecule has 0 aliphatic heterocycles. The van der Waals surface area contributed by atoms with Gasteiger partial charge in [-0.1, -0.05) is 6.07 Å². The molecule has 0 aliphatic carbocycles. The molecule has 5 nitrogen and oxygen atoms in total. The first kappa shape index (κ1) is 12.6. The van der Waals surface area contributed by atoms with Gasteiger partial charge in [0.1, 0.15) is 0 Å². The normalized spacial score (nSPS) is 10.8. The van der Waals surface area contributed by atoms with Crippen molar-refractivity contribution < 1.29 is 9.72 Å². The average Bonchev–Trinajstić information content (AvgIpc) is 3.07. The number of nitrogens with zero attached hydrogens (tertiary/aromatic N) is 2. The van der Waals surface area contributed by atoms with Crippen molar-refractivity contribution in [2.45, 2.75) is 6.54 Å². The third-order valence-corrected chi connectivity index (χ3v) is 3.99. The molecule has 2 heterocycles. The fourth-order valence-corrected chi connectivity index (χ4v) is 2.77. The monoisotopic (exact) mass is 286 g/mol. The molecule has 0 atom stereocenters. The first-order chi connectivity index (χ1) is 9.65. The maximum Gasteiger partial charge on any atom is 0.270 e. The number of carbonyl (C=O) groups is 1. The molecule has 6 heteroatoms. The number of ketones is 1. The van der Waals surface area contributed by atoms with E-state index in [9.17, 15) is 14.9 Å². The number of hydrogen-bond donors (Lipinski definition) is 0. The summed E-state index contributed by atoms with van der Waals surface area (Å²) >= 11 is 1.41. The largest absolute Gasteiger partial charge is 0.340 e. The van der Waals surface area contributed by atoms with Crippen LogP contribution in [-0.4, -0.2) is 15.3 Å². The van der Waals surface area contributed by atoms with Gasteiger partial charge in [0.25, 0.3) is 5.69 Å². The van der Waals surface area contributed by atoms with E-state index in [2.05, 4.69) is 0 Å². The smallest absolute Gasteiger partial charge is 0.270 e. The molecule has 0 bridgehead atoms.